The minimum atomic E-state index is -0.790. The van der Waals surface area contributed by atoms with Crippen LogP contribution in [0.15, 0.2) is 93.9 Å². The van der Waals surface area contributed by atoms with Gasteiger partial charge in [0.15, 0.2) is 4.80 Å². The number of fused-ring (bicyclic) bond motifs is 1. The van der Waals surface area contributed by atoms with Crippen LogP contribution in [-0.4, -0.2) is 17.1 Å². The average molecular weight is 563 g/mol. The van der Waals surface area contributed by atoms with Crippen molar-refractivity contribution in [2.45, 2.75) is 26.5 Å². The van der Waals surface area contributed by atoms with Gasteiger partial charge in [0.1, 0.15) is 18.2 Å². The molecule has 0 fully saturated rings. The quantitative estimate of drug-likeness (QED) is 0.291. The maximum atomic E-state index is 14.5. The van der Waals surface area contributed by atoms with Crippen LogP contribution in [0.2, 0.25) is 5.02 Å². The summed E-state index contributed by atoms with van der Waals surface area (Å²) in [5.41, 5.74) is 2.11. The van der Waals surface area contributed by atoms with Gasteiger partial charge >= 0.3 is 5.97 Å². The first-order valence-electron chi connectivity index (χ1n) is 12.3. The number of benzene rings is 3. The molecule has 1 aliphatic heterocycles. The lowest BCUT2D eigenvalue weighted by atomic mass is 9.96. The Morgan fingerprint density at radius 1 is 1.10 bits per heavy atom. The van der Waals surface area contributed by atoms with E-state index in [1.807, 2.05) is 42.5 Å². The Morgan fingerprint density at radius 2 is 1.85 bits per heavy atom. The lowest BCUT2D eigenvalue weighted by Gasteiger charge is -2.24. The molecule has 3 aromatic carbocycles. The summed E-state index contributed by atoms with van der Waals surface area (Å²) in [4.78, 5) is 31.7. The minimum Gasteiger partial charge on any atom is -0.489 e. The van der Waals surface area contributed by atoms with Crippen molar-refractivity contribution in [1.29, 1.82) is 0 Å². The molecule has 5 rings (SSSR count). The second-order valence-electron chi connectivity index (χ2n) is 8.78. The van der Waals surface area contributed by atoms with Gasteiger partial charge in [-0.1, -0.05) is 71.5 Å². The van der Waals surface area contributed by atoms with Crippen LogP contribution in [0.1, 0.15) is 36.6 Å². The fourth-order valence-corrected chi connectivity index (χ4v) is 5.62. The molecule has 1 aliphatic rings. The molecule has 0 bridgehead atoms. The number of hydrogen-bond acceptors (Lipinski definition) is 6. The van der Waals surface area contributed by atoms with E-state index in [1.165, 1.54) is 22.8 Å². The second kappa shape index (κ2) is 11.4. The van der Waals surface area contributed by atoms with Gasteiger partial charge in [0.25, 0.3) is 5.56 Å². The highest BCUT2D eigenvalue weighted by atomic mass is 35.5. The third-order valence-electron chi connectivity index (χ3n) is 6.24. The highest BCUT2D eigenvalue weighted by Gasteiger charge is 2.33. The summed E-state index contributed by atoms with van der Waals surface area (Å²) in [6.07, 6.45) is 1.42. The van der Waals surface area contributed by atoms with E-state index in [0.717, 1.165) is 16.9 Å². The topological polar surface area (TPSA) is 69.9 Å². The summed E-state index contributed by atoms with van der Waals surface area (Å²) in [6, 6.07) is 20.6. The highest BCUT2D eigenvalue weighted by Crippen LogP contribution is 2.32. The molecule has 1 aromatic heterocycles. The molecule has 0 saturated heterocycles. The Kier molecular flexibility index (Phi) is 7.77. The number of ether oxygens (including phenoxy) is 2. The summed E-state index contributed by atoms with van der Waals surface area (Å²) < 4.78 is 27.4. The number of carbonyl (C=O) groups is 1. The van der Waals surface area contributed by atoms with E-state index in [2.05, 4.69) is 4.99 Å². The molecule has 2 heterocycles. The Balaban J connectivity index is 1.59. The molecule has 0 spiro atoms. The first-order valence-corrected chi connectivity index (χ1v) is 13.5. The van der Waals surface area contributed by atoms with E-state index in [9.17, 15) is 14.0 Å². The zero-order valence-electron chi connectivity index (χ0n) is 21.2. The SMILES string of the molecule is CCOC(=O)C1=C(C)N=c2s/c(=C\c3c(F)cccc3Cl)c(=O)n2C1c1ccc(OCc2ccccc2)cc1. The second-order valence-corrected chi connectivity index (χ2v) is 10.2. The monoisotopic (exact) mass is 562 g/mol. The zero-order valence-corrected chi connectivity index (χ0v) is 22.8. The molecule has 4 aromatic rings. The molecule has 198 valence electrons. The largest absolute Gasteiger partial charge is 0.489 e. The summed E-state index contributed by atoms with van der Waals surface area (Å²) in [5, 5.41) is 0.187. The summed E-state index contributed by atoms with van der Waals surface area (Å²) in [6.45, 7) is 4.00. The molecule has 0 N–H and O–H groups in total. The van der Waals surface area contributed by atoms with Crippen molar-refractivity contribution in [3.8, 4) is 5.75 Å². The van der Waals surface area contributed by atoms with Crippen LogP contribution in [0.3, 0.4) is 0 Å². The summed E-state index contributed by atoms with van der Waals surface area (Å²) in [7, 11) is 0. The van der Waals surface area contributed by atoms with E-state index >= 15 is 0 Å². The van der Waals surface area contributed by atoms with Crippen molar-refractivity contribution in [2.75, 3.05) is 6.61 Å². The predicted molar refractivity (Wildman–Crippen MR) is 149 cm³/mol. The number of thiazole rings is 1. The fourth-order valence-electron chi connectivity index (χ4n) is 4.37. The zero-order chi connectivity index (χ0) is 27.5. The molecular formula is C30H24ClFN2O4S. The standard InChI is InChI=1S/C30H24ClFN2O4S/c1-3-37-29(36)26-18(2)33-30-34(28(35)25(39-30)16-22-23(31)10-7-11-24(22)32)27(26)20-12-14-21(15-13-20)38-17-19-8-5-4-6-9-19/h4-16,27H,3,17H2,1-2H3/b25-16-. The molecule has 0 amide bonds. The number of carbonyl (C=O) groups excluding carboxylic acids is 1. The number of allylic oxidation sites excluding steroid dienone is 1. The summed E-state index contributed by atoms with van der Waals surface area (Å²) in [5.74, 6) is -0.457. The van der Waals surface area contributed by atoms with Gasteiger partial charge in [0, 0.05) is 5.56 Å². The molecule has 1 unspecified atom stereocenters. The van der Waals surface area contributed by atoms with Gasteiger partial charge in [0.05, 0.1) is 33.5 Å². The number of nitrogens with zero attached hydrogens (tertiary/aromatic N) is 2. The molecule has 1 atom stereocenters. The molecule has 0 radical (unpaired) electrons. The third-order valence-corrected chi connectivity index (χ3v) is 7.55. The van der Waals surface area contributed by atoms with E-state index < -0.39 is 23.4 Å². The molecule has 0 saturated carbocycles. The highest BCUT2D eigenvalue weighted by molar-refractivity contribution is 7.07. The lowest BCUT2D eigenvalue weighted by molar-refractivity contribution is -0.139. The van der Waals surface area contributed by atoms with Crippen molar-refractivity contribution in [2.24, 2.45) is 4.99 Å². The molecule has 0 aliphatic carbocycles. The van der Waals surface area contributed by atoms with Crippen LogP contribution in [0.25, 0.3) is 6.08 Å². The minimum absolute atomic E-state index is 0.113. The number of rotatable bonds is 7. The Hall–Kier alpha value is -4.01. The van der Waals surface area contributed by atoms with Crippen molar-refractivity contribution < 1.29 is 18.7 Å². The van der Waals surface area contributed by atoms with Crippen LogP contribution in [0.4, 0.5) is 4.39 Å². The Labute approximate surface area is 232 Å². The Morgan fingerprint density at radius 3 is 2.54 bits per heavy atom. The van der Waals surface area contributed by atoms with E-state index in [-0.39, 0.29) is 27.3 Å². The lowest BCUT2D eigenvalue weighted by Crippen LogP contribution is -2.39. The maximum Gasteiger partial charge on any atom is 0.338 e. The van der Waals surface area contributed by atoms with Crippen LogP contribution in [-0.2, 0) is 16.1 Å². The fraction of sp³-hybridized carbons (Fsp3) is 0.167. The Bertz CT molecular complexity index is 1720. The first-order chi connectivity index (χ1) is 18.9. The van der Waals surface area contributed by atoms with Crippen LogP contribution in [0, 0.1) is 5.82 Å². The maximum absolute atomic E-state index is 14.5. The normalized spacial score (nSPS) is 15.1. The molecule has 39 heavy (non-hydrogen) atoms. The van der Waals surface area contributed by atoms with Crippen molar-refractivity contribution >= 4 is 35.0 Å². The summed E-state index contributed by atoms with van der Waals surface area (Å²) >= 11 is 7.31. The molecule has 6 nitrogen and oxygen atoms in total. The third kappa shape index (κ3) is 5.44. The van der Waals surface area contributed by atoms with Crippen molar-refractivity contribution in [3.05, 3.63) is 131 Å². The van der Waals surface area contributed by atoms with Crippen LogP contribution in [0.5, 0.6) is 5.75 Å². The smallest absolute Gasteiger partial charge is 0.338 e. The number of esters is 1. The average Bonchev–Trinajstić information content (AvgIpc) is 3.24. The number of hydrogen-bond donors (Lipinski definition) is 0. The van der Waals surface area contributed by atoms with E-state index in [1.54, 1.807) is 32.0 Å². The van der Waals surface area contributed by atoms with Crippen molar-refractivity contribution in [1.82, 2.24) is 4.57 Å². The van der Waals surface area contributed by atoms with E-state index in [0.29, 0.717) is 28.4 Å². The van der Waals surface area contributed by atoms with Crippen LogP contribution >= 0.6 is 22.9 Å². The number of aromatic nitrogens is 1. The van der Waals surface area contributed by atoms with Gasteiger partial charge < -0.3 is 9.47 Å². The van der Waals surface area contributed by atoms with E-state index in [4.69, 9.17) is 21.1 Å². The van der Waals surface area contributed by atoms with Gasteiger partial charge in [-0.25, -0.2) is 14.2 Å². The van der Waals surface area contributed by atoms with Crippen LogP contribution < -0.4 is 19.6 Å². The first kappa shape index (κ1) is 26.6. The van der Waals surface area contributed by atoms with Gasteiger partial charge in [-0.3, -0.25) is 9.36 Å². The molecular weight excluding hydrogens is 539 g/mol. The van der Waals surface area contributed by atoms with Gasteiger partial charge in [-0.05, 0) is 55.3 Å². The number of halogens is 2. The molecule has 9 heteroatoms. The predicted octanol–water partition coefficient (Wildman–Crippen LogP) is 5.17. The van der Waals surface area contributed by atoms with Gasteiger partial charge in [-0.2, -0.15) is 0 Å². The van der Waals surface area contributed by atoms with Gasteiger partial charge in [-0.15, -0.1) is 0 Å². The van der Waals surface area contributed by atoms with Crippen molar-refractivity contribution in [3.63, 3.8) is 0 Å². The van der Waals surface area contributed by atoms with Gasteiger partial charge in [0.2, 0.25) is 0 Å².